The molecule has 5 rings (SSSR count). The van der Waals surface area contributed by atoms with Gasteiger partial charge in [-0.15, -0.1) is 0 Å². The van der Waals surface area contributed by atoms with Gasteiger partial charge < -0.3 is 15.4 Å². The van der Waals surface area contributed by atoms with Crippen LogP contribution in [0.25, 0.3) is 5.69 Å². The van der Waals surface area contributed by atoms with Gasteiger partial charge in [0.05, 0.1) is 18.5 Å². The Morgan fingerprint density at radius 1 is 0.978 bits per heavy atom. The molecule has 3 N–H and O–H groups in total. The fraction of sp³-hybridized carbons (Fsp3) is 0.395. The Morgan fingerprint density at radius 2 is 1.67 bits per heavy atom. The number of aromatic nitrogens is 2. The third-order valence-corrected chi connectivity index (χ3v) is 8.79. The van der Waals surface area contributed by atoms with Crippen molar-refractivity contribution < 1.29 is 14.3 Å². The third kappa shape index (κ3) is 8.23. The number of anilines is 2. The fourth-order valence-corrected chi connectivity index (χ4v) is 6.15. The van der Waals surface area contributed by atoms with Crippen molar-refractivity contribution in [3.63, 3.8) is 0 Å². The number of rotatable bonds is 11. The van der Waals surface area contributed by atoms with Crippen LogP contribution >= 0.6 is 0 Å². The van der Waals surface area contributed by atoms with Gasteiger partial charge in [0, 0.05) is 29.5 Å². The van der Waals surface area contributed by atoms with Crippen LogP contribution < -0.4 is 20.7 Å². The number of methoxy groups -OCH3 is 1. The largest absolute Gasteiger partial charge is 0.497 e. The molecule has 4 aromatic rings. The van der Waals surface area contributed by atoms with Gasteiger partial charge in [-0.25, -0.2) is 9.48 Å². The Morgan fingerprint density at radius 3 is 2.35 bits per heavy atom. The van der Waals surface area contributed by atoms with Crippen LogP contribution in [0.5, 0.6) is 5.75 Å². The second-order valence-electron chi connectivity index (χ2n) is 13.3. The number of benzene rings is 3. The molecule has 0 spiro atoms. The number of carbonyl (C=O) groups is 2. The Kier molecular flexibility index (Phi) is 10.6. The van der Waals surface area contributed by atoms with E-state index in [0.717, 1.165) is 67.0 Å². The summed E-state index contributed by atoms with van der Waals surface area (Å²) in [6.45, 7) is 10.1. The second kappa shape index (κ2) is 14.8. The minimum Gasteiger partial charge on any atom is -0.497 e. The quantitative estimate of drug-likeness (QED) is 0.159. The smallest absolute Gasteiger partial charge is 0.324 e. The normalized spacial score (nSPS) is 14.5. The molecule has 1 aliphatic heterocycles. The minimum atomic E-state index is -0.378. The molecule has 1 fully saturated rings. The molecule has 0 saturated carbocycles. The number of Topliss-reactive ketones (excluding diaryl/α,β-unsaturated/α-hetero) is 1. The van der Waals surface area contributed by atoms with Gasteiger partial charge in [-0.1, -0.05) is 68.8 Å². The molecule has 46 heavy (non-hydrogen) atoms. The molecule has 2 heterocycles. The lowest BCUT2D eigenvalue weighted by Gasteiger charge is -2.31. The molecular weight excluding hydrogens is 574 g/mol. The maximum absolute atomic E-state index is 14.0. The van der Waals surface area contributed by atoms with Crippen LogP contribution in [0.4, 0.5) is 16.3 Å². The van der Waals surface area contributed by atoms with E-state index in [9.17, 15) is 9.59 Å². The number of para-hydroxylation sites is 1. The molecule has 2 amide bonds. The zero-order valence-corrected chi connectivity index (χ0v) is 27.7. The first-order valence-electron chi connectivity index (χ1n) is 16.3. The molecule has 242 valence electrons. The predicted octanol–water partition coefficient (Wildman–Crippen LogP) is 7.81. The monoisotopic (exact) mass is 621 g/mol. The first kappa shape index (κ1) is 32.9. The van der Waals surface area contributed by atoms with Crippen molar-refractivity contribution in [1.82, 2.24) is 15.1 Å². The van der Waals surface area contributed by atoms with Crippen LogP contribution in [-0.2, 0) is 16.6 Å². The van der Waals surface area contributed by atoms with Gasteiger partial charge in [-0.3, -0.25) is 10.1 Å². The van der Waals surface area contributed by atoms with Crippen LogP contribution in [-0.4, -0.2) is 41.8 Å². The molecule has 3 aromatic carbocycles. The summed E-state index contributed by atoms with van der Waals surface area (Å²) in [5, 5.41) is 14.4. The number of hydrogen-bond acceptors (Lipinski definition) is 5. The number of aryl methyl sites for hydroxylation is 2. The number of hydrogen-bond donors (Lipinski definition) is 3. The Labute approximate surface area is 272 Å². The molecule has 1 unspecified atom stereocenters. The number of urea groups is 1. The van der Waals surface area contributed by atoms with Crippen molar-refractivity contribution in [3.05, 3.63) is 101 Å². The van der Waals surface area contributed by atoms with Crippen molar-refractivity contribution in [2.45, 2.75) is 71.1 Å². The van der Waals surface area contributed by atoms with Crippen LogP contribution in [0, 0.1) is 12.8 Å². The number of ether oxygens (including phenoxy) is 1. The van der Waals surface area contributed by atoms with Gasteiger partial charge in [0.15, 0.2) is 0 Å². The maximum Gasteiger partial charge on any atom is 0.324 e. The standard InChI is InChI=1S/C38H47N5O3/c1-26-13-17-29(18-14-26)43-35(25-34(42-43)38(2,3)4)41-37(45)40-32-11-7-6-10-31(32)36(28-21-23-39-24-22-28)33(44)12-8-9-27-15-19-30(46-5)20-16-27/h6-7,10-11,13-20,25,28,36,39H,8-9,12,21-24H2,1-5H3,(H2,40,41,45). The van der Waals surface area contributed by atoms with E-state index >= 15 is 0 Å². The predicted molar refractivity (Wildman–Crippen MR) is 185 cm³/mol. The summed E-state index contributed by atoms with van der Waals surface area (Å²) in [5.74, 6) is 1.54. The number of nitrogens with one attached hydrogen (secondary N) is 3. The van der Waals surface area contributed by atoms with E-state index in [0.29, 0.717) is 17.9 Å². The zero-order valence-electron chi connectivity index (χ0n) is 27.7. The van der Waals surface area contributed by atoms with E-state index in [1.165, 1.54) is 5.56 Å². The molecule has 8 nitrogen and oxygen atoms in total. The van der Waals surface area contributed by atoms with Crippen LogP contribution in [0.15, 0.2) is 78.9 Å². The van der Waals surface area contributed by atoms with Gasteiger partial charge in [0.1, 0.15) is 17.4 Å². The fourth-order valence-electron chi connectivity index (χ4n) is 6.15. The molecule has 1 aromatic heterocycles. The summed E-state index contributed by atoms with van der Waals surface area (Å²) in [6, 6.07) is 25.4. The number of piperidine rings is 1. The van der Waals surface area contributed by atoms with Gasteiger partial charge >= 0.3 is 6.03 Å². The molecular formula is C38H47N5O3. The third-order valence-electron chi connectivity index (χ3n) is 8.79. The van der Waals surface area contributed by atoms with Crippen LogP contribution in [0.3, 0.4) is 0 Å². The van der Waals surface area contributed by atoms with Crippen molar-refractivity contribution in [1.29, 1.82) is 0 Å². The molecule has 0 bridgehead atoms. The number of carbonyl (C=O) groups excluding carboxylic acids is 2. The maximum atomic E-state index is 14.0. The van der Waals surface area contributed by atoms with E-state index in [-0.39, 0.29) is 29.1 Å². The number of nitrogens with zero attached hydrogens (tertiary/aromatic N) is 2. The number of amides is 2. The van der Waals surface area contributed by atoms with Crippen molar-refractivity contribution in [2.24, 2.45) is 5.92 Å². The summed E-state index contributed by atoms with van der Waals surface area (Å²) in [5.41, 5.74) is 5.40. The van der Waals surface area contributed by atoms with E-state index in [1.54, 1.807) is 11.8 Å². The molecule has 8 heteroatoms. The highest BCUT2D eigenvalue weighted by atomic mass is 16.5. The highest BCUT2D eigenvalue weighted by Gasteiger charge is 2.32. The lowest BCUT2D eigenvalue weighted by atomic mass is 9.76. The summed E-state index contributed by atoms with van der Waals surface area (Å²) >= 11 is 0. The van der Waals surface area contributed by atoms with E-state index in [4.69, 9.17) is 9.84 Å². The molecule has 1 aliphatic rings. The van der Waals surface area contributed by atoms with Crippen LogP contribution in [0.2, 0.25) is 0 Å². The highest BCUT2D eigenvalue weighted by molar-refractivity contribution is 6.01. The Hall–Kier alpha value is -4.43. The van der Waals surface area contributed by atoms with Crippen molar-refractivity contribution >= 4 is 23.3 Å². The molecule has 0 aliphatic carbocycles. The van der Waals surface area contributed by atoms with Crippen molar-refractivity contribution in [2.75, 3.05) is 30.8 Å². The molecule has 1 saturated heterocycles. The van der Waals surface area contributed by atoms with Gasteiger partial charge in [0.2, 0.25) is 0 Å². The first-order valence-corrected chi connectivity index (χ1v) is 16.3. The Balaban J connectivity index is 1.35. The topological polar surface area (TPSA) is 97.3 Å². The lowest BCUT2D eigenvalue weighted by molar-refractivity contribution is -0.122. The van der Waals surface area contributed by atoms with E-state index < -0.39 is 0 Å². The average Bonchev–Trinajstić information content (AvgIpc) is 3.47. The van der Waals surface area contributed by atoms with Crippen molar-refractivity contribution in [3.8, 4) is 11.4 Å². The minimum absolute atomic E-state index is 0.203. The Bertz CT molecular complexity index is 1610. The average molecular weight is 622 g/mol. The summed E-state index contributed by atoms with van der Waals surface area (Å²) in [6.07, 6.45) is 3.90. The summed E-state index contributed by atoms with van der Waals surface area (Å²) < 4.78 is 7.05. The summed E-state index contributed by atoms with van der Waals surface area (Å²) in [7, 11) is 1.66. The van der Waals surface area contributed by atoms with Gasteiger partial charge in [-0.2, -0.15) is 5.10 Å². The lowest BCUT2D eigenvalue weighted by Crippen LogP contribution is -2.34. The second-order valence-corrected chi connectivity index (χ2v) is 13.3. The van der Waals surface area contributed by atoms with E-state index in [2.05, 4.69) is 48.9 Å². The number of ketones is 1. The zero-order chi connectivity index (χ0) is 32.7. The van der Waals surface area contributed by atoms with Crippen LogP contribution in [0.1, 0.15) is 74.8 Å². The summed E-state index contributed by atoms with van der Waals surface area (Å²) in [4.78, 5) is 27.6. The first-order chi connectivity index (χ1) is 22.1. The van der Waals surface area contributed by atoms with Gasteiger partial charge in [-0.05, 0) is 93.1 Å². The molecule has 1 atom stereocenters. The SMILES string of the molecule is COc1ccc(CCCC(=O)C(c2ccccc2NC(=O)Nc2cc(C(C)(C)C)nn2-c2ccc(C)cc2)C2CCNCC2)cc1. The van der Waals surface area contributed by atoms with Gasteiger partial charge in [0.25, 0.3) is 0 Å². The molecule has 0 radical (unpaired) electrons. The van der Waals surface area contributed by atoms with E-state index in [1.807, 2.05) is 73.7 Å². The highest BCUT2D eigenvalue weighted by Crippen LogP contribution is 2.37.